The summed E-state index contributed by atoms with van der Waals surface area (Å²) in [6.07, 6.45) is 0. The molecule has 2 heterocycles. The van der Waals surface area contributed by atoms with Gasteiger partial charge in [0.2, 0.25) is 0 Å². The van der Waals surface area contributed by atoms with Gasteiger partial charge >= 0.3 is 0 Å². The number of nitrogens with one attached hydrogen (secondary N) is 1. The van der Waals surface area contributed by atoms with Gasteiger partial charge in [-0.15, -0.1) is 0 Å². The number of morpholine rings is 1. The molecule has 1 aromatic carbocycles. The lowest BCUT2D eigenvalue weighted by Crippen LogP contribution is -2.37. The number of aromatic amines is 1. The van der Waals surface area contributed by atoms with Gasteiger partial charge in [0.15, 0.2) is 5.43 Å². The largest absolute Gasteiger partial charge is 0.379 e. The highest BCUT2D eigenvalue weighted by atomic mass is 16.5. The van der Waals surface area contributed by atoms with Crippen molar-refractivity contribution in [2.45, 2.75) is 27.3 Å². The summed E-state index contributed by atoms with van der Waals surface area (Å²) in [4.78, 5) is 18.6. The molecule has 1 saturated heterocycles. The summed E-state index contributed by atoms with van der Waals surface area (Å²) in [5.74, 6) is 0. The van der Waals surface area contributed by atoms with E-state index in [0.29, 0.717) is 6.54 Å². The molecular weight excluding hydrogens is 264 g/mol. The number of hydrogen-bond donors (Lipinski definition) is 1. The van der Waals surface area contributed by atoms with Crippen molar-refractivity contribution in [3.05, 3.63) is 44.7 Å². The molecule has 1 N–H and O–H groups in total. The normalized spacial score (nSPS) is 16.5. The molecule has 3 rings (SSSR count). The van der Waals surface area contributed by atoms with Crippen LogP contribution in [0.5, 0.6) is 0 Å². The Morgan fingerprint density at radius 3 is 2.62 bits per heavy atom. The third kappa shape index (κ3) is 2.74. The quantitative estimate of drug-likeness (QED) is 0.921. The first-order valence-electron chi connectivity index (χ1n) is 7.49. The monoisotopic (exact) mass is 286 g/mol. The molecule has 112 valence electrons. The van der Waals surface area contributed by atoms with Crippen LogP contribution in [-0.4, -0.2) is 36.2 Å². The van der Waals surface area contributed by atoms with E-state index in [9.17, 15) is 4.79 Å². The molecule has 4 nitrogen and oxygen atoms in total. The minimum atomic E-state index is 0.166. The molecule has 0 spiro atoms. The SMILES string of the molecule is Cc1cc(C)c2[nH]c(C)c(CN3CCOCC3)c(=O)c2c1. The second-order valence-electron chi connectivity index (χ2n) is 5.95. The highest BCUT2D eigenvalue weighted by molar-refractivity contribution is 5.83. The van der Waals surface area contributed by atoms with Crippen molar-refractivity contribution < 1.29 is 4.74 Å². The van der Waals surface area contributed by atoms with Crippen LogP contribution in [0.2, 0.25) is 0 Å². The summed E-state index contributed by atoms with van der Waals surface area (Å²) in [7, 11) is 0. The van der Waals surface area contributed by atoms with Gasteiger partial charge in [-0.05, 0) is 38.0 Å². The van der Waals surface area contributed by atoms with Crippen molar-refractivity contribution in [1.29, 1.82) is 0 Å². The predicted molar refractivity (Wildman–Crippen MR) is 84.9 cm³/mol. The van der Waals surface area contributed by atoms with Gasteiger partial charge in [0.25, 0.3) is 0 Å². The van der Waals surface area contributed by atoms with Gasteiger partial charge in [-0.2, -0.15) is 0 Å². The first-order chi connectivity index (χ1) is 10.1. The molecule has 0 saturated carbocycles. The number of rotatable bonds is 2. The molecule has 0 amide bonds. The molecule has 0 atom stereocenters. The Hall–Kier alpha value is -1.65. The van der Waals surface area contributed by atoms with Gasteiger partial charge < -0.3 is 9.72 Å². The van der Waals surface area contributed by atoms with Gasteiger partial charge in [0.05, 0.1) is 18.7 Å². The molecule has 0 bridgehead atoms. The van der Waals surface area contributed by atoms with Crippen LogP contribution in [-0.2, 0) is 11.3 Å². The van der Waals surface area contributed by atoms with Crippen LogP contribution in [0.25, 0.3) is 10.9 Å². The summed E-state index contributed by atoms with van der Waals surface area (Å²) < 4.78 is 5.37. The molecule has 21 heavy (non-hydrogen) atoms. The van der Waals surface area contributed by atoms with Crippen molar-refractivity contribution in [3.63, 3.8) is 0 Å². The van der Waals surface area contributed by atoms with Crippen LogP contribution in [0.4, 0.5) is 0 Å². The predicted octanol–water partition coefficient (Wildman–Crippen LogP) is 2.29. The van der Waals surface area contributed by atoms with E-state index < -0.39 is 0 Å². The highest BCUT2D eigenvalue weighted by Crippen LogP contribution is 2.18. The van der Waals surface area contributed by atoms with Crippen molar-refractivity contribution >= 4 is 10.9 Å². The zero-order chi connectivity index (χ0) is 15.0. The van der Waals surface area contributed by atoms with Crippen molar-refractivity contribution in [1.82, 2.24) is 9.88 Å². The third-order valence-electron chi connectivity index (χ3n) is 4.25. The van der Waals surface area contributed by atoms with Crippen LogP contribution < -0.4 is 5.43 Å². The number of nitrogens with zero attached hydrogens (tertiary/aromatic N) is 1. The Balaban J connectivity index is 2.08. The summed E-state index contributed by atoms with van der Waals surface area (Å²) in [6, 6.07) is 4.10. The van der Waals surface area contributed by atoms with Crippen molar-refractivity contribution in [3.8, 4) is 0 Å². The second kappa shape index (κ2) is 5.62. The smallest absolute Gasteiger partial charge is 0.194 e. The fourth-order valence-electron chi connectivity index (χ4n) is 3.08. The number of pyridine rings is 1. The van der Waals surface area contributed by atoms with E-state index in [0.717, 1.165) is 59.6 Å². The molecule has 1 fully saturated rings. The Kier molecular flexibility index (Phi) is 3.83. The molecule has 0 radical (unpaired) electrons. The van der Waals surface area contributed by atoms with Gasteiger partial charge in [-0.3, -0.25) is 9.69 Å². The van der Waals surface area contributed by atoms with E-state index in [2.05, 4.69) is 16.0 Å². The lowest BCUT2D eigenvalue weighted by molar-refractivity contribution is 0.0339. The summed E-state index contributed by atoms with van der Waals surface area (Å²) >= 11 is 0. The number of aromatic nitrogens is 1. The van der Waals surface area contributed by atoms with Gasteiger partial charge in [-0.1, -0.05) is 6.07 Å². The third-order valence-corrected chi connectivity index (χ3v) is 4.25. The number of H-pyrrole nitrogens is 1. The van der Waals surface area contributed by atoms with E-state index in [4.69, 9.17) is 4.74 Å². The number of ether oxygens (including phenoxy) is 1. The summed E-state index contributed by atoms with van der Waals surface area (Å²) in [6.45, 7) is 10.1. The lowest BCUT2D eigenvalue weighted by Gasteiger charge is -2.27. The van der Waals surface area contributed by atoms with E-state index in [1.54, 1.807) is 0 Å². The Bertz CT molecular complexity index is 728. The molecule has 1 aromatic heterocycles. The zero-order valence-electron chi connectivity index (χ0n) is 13.0. The number of fused-ring (bicyclic) bond motifs is 1. The van der Waals surface area contributed by atoms with Crippen molar-refractivity contribution in [2.75, 3.05) is 26.3 Å². The van der Waals surface area contributed by atoms with Crippen molar-refractivity contribution in [2.24, 2.45) is 0 Å². The number of benzene rings is 1. The van der Waals surface area contributed by atoms with Crippen LogP contribution in [0, 0.1) is 20.8 Å². The van der Waals surface area contributed by atoms with E-state index in [1.807, 2.05) is 26.8 Å². The Labute approximate surface area is 124 Å². The first-order valence-corrected chi connectivity index (χ1v) is 7.49. The zero-order valence-corrected chi connectivity index (χ0v) is 13.0. The highest BCUT2D eigenvalue weighted by Gasteiger charge is 2.16. The number of aryl methyl sites for hydroxylation is 3. The topological polar surface area (TPSA) is 45.3 Å². The Morgan fingerprint density at radius 1 is 1.19 bits per heavy atom. The lowest BCUT2D eigenvalue weighted by atomic mass is 10.0. The number of hydrogen-bond acceptors (Lipinski definition) is 3. The second-order valence-corrected chi connectivity index (χ2v) is 5.95. The van der Waals surface area contributed by atoms with Gasteiger partial charge in [0, 0.05) is 36.3 Å². The van der Waals surface area contributed by atoms with E-state index >= 15 is 0 Å². The van der Waals surface area contributed by atoms with Crippen LogP contribution >= 0.6 is 0 Å². The average molecular weight is 286 g/mol. The molecule has 2 aromatic rings. The maximum atomic E-state index is 12.8. The molecule has 0 aliphatic carbocycles. The summed E-state index contributed by atoms with van der Waals surface area (Å²) in [5, 5.41) is 0.807. The fourth-order valence-corrected chi connectivity index (χ4v) is 3.08. The maximum Gasteiger partial charge on any atom is 0.194 e. The fraction of sp³-hybridized carbons (Fsp3) is 0.471. The summed E-state index contributed by atoms with van der Waals surface area (Å²) in [5.41, 5.74) is 5.25. The minimum absolute atomic E-state index is 0.166. The molecule has 1 aliphatic rings. The van der Waals surface area contributed by atoms with Gasteiger partial charge in [-0.25, -0.2) is 0 Å². The van der Waals surface area contributed by atoms with E-state index in [1.165, 1.54) is 0 Å². The van der Waals surface area contributed by atoms with Crippen LogP contribution in [0.15, 0.2) is 16.9 Å². The van der Waals surface area contributed by atoms with Crippen LogP contribution in [0.3, 0.4) is 0 Å². The minimum Gasteiger partial charge on any atom is -0.379 e. The standard InChI is InChI=1S/C17H22N2O2/c1-11-8-12(2)16-14(9-11)17(20)15(13(3)18-16)10-19-4-6-21-7-5-19/h8-9H,4-7,10H2,1-3H3,(H,18,20). The Morgan fingerprint density at radius 2 is 1.90 bits per heavy atom. The molecule has 4 heteroatoms. The molecule has 1 aliphatic heterocycles. The molecule has 0 unspecified atom stereocenters. The maximum absolute atomic E-state index is 12.8. The average Bonchev–Trinajstić information content (AvgIpc) is 2.46. The first kappa shape index (κ1) is 14.3. The molecular formula is C17H22N2O2. The van der Waals surface area contributed by atoms with Gasteiger partial charge in [0.1, 0.15) is 0 Å². The van der Waals surface area contributed by atoms with E-state index in [-0.39, 0.29) is 5.43 Å². The van der Waals surface area contributed by atoms with Crippen LogP contribution in [0.1, 0.15) is 22.4 Å².